The van der Waals surface area contributed by atoms with Gasteiger partial charge in [0.2, 0.25) is 0 Å². The Morgan fingerprint density at radius 3 is 2.56 bits per heavy atom. The molecule has 0 bridgehead atoms. The smallest absolute Gasteiger partial charge is 0.192 e. The number of hydrogen-bond donors (Lipinski definition) is 2. The maximum Gasteiger partial charge on any atom is 0.192 e. The molecule has 7 heteroatoms. The highest BCUT2D eigenvalue weighted by molar-refractivity contribution is 5.80. The summed E-state index contributed by atoms with van der Waals surface area (Å²) in [4.78, 5) is 7.33. The number of hydrogen-bond acceptors (Lipinski definition) is 4. The highest BCUT2D eigenvalue weighted by Crippen LogP contribution is 2.20. The number of benzene rings is 2. The largest absolute Gasteiger partial charge is 0.369 e. The van der Waals surface area contributed by atoms with Gasteiger partial charge < -0.3 is 20.1 Å². The van der Waals surface area contributed by atoms with Crippen molar-refractivity contribution in [1.29, 1.82) is 0 Å². The van der Waals surface area contributed by atoms with E-state index in [1.165, 1.54) is 16.8 Å². The molecule has 1 fully saturated rings. The van der Waals surface area contributed by atoms with Gasteiger partial charge in [0.05, 0.1) is 13.1 Å². The third kappa shape index (κ3) is 5.66. The zero-order valence-corrected chi connectivity index (χ0v) is 19.3. The van der Waals surface area contributed by atoms with Crippen molar-refractivity contribution in [2.24, 2.45) is 12.0 Å². The van der Waals surface area contributed by atoms with E-state index in [2.05, 4.69) is 69.1 Å². The summed E-state index contributed by atoms with van der Waals surface area (Å²) in [6.07, 6.45) is 2.28. The van der Waals surface area contributed by atoms with Gasteiger partial charge in [0.15, 0.2) is 11.8 Å². The van der Waals surface area contributed by atoms with Crippen molar-refractivity contribution < 1.29 is 0 Å². The minimum Gasteiger partial charge on any atom is -0.369 e. The van der Waals surface area contributed by atoms with Crippen LogP contribution >= 0.6 is 0 Å². The van der Waals surface area contributed by atoms with Crippen LogP contribution in [0.25, 0.3) is 0 Å². The highest BCUT2D eigenvalue weighted by atomic mass is 15.3. The summed E-state index contributed by atoms with van der Waals surface area (Å²) in [5, 5.41) is 15.6. The molecule has 1 unspecified atom stereocenters. The number of rotatable bonds is 6. The van der Waals surface area contributed by atoms with Crippen LogP contribution in [-0.4, -0.2) is 39.9 Å². The van der Waals surface area contributed by atoms with Gasteiger partial charge in [-0.1, -0.05) is 48.0 Å². The van der Waals surface area contributed by atoms with Gasteiger partial charge in [-0.05, 0) is 44.4 Å². The molecule has 1 saturated heterocycles. The van der Waals surface area contributed by atoms with E-state index >= 15 is 0 Å². The topological polar surface area (TPSA) is 70.4 Å². The monoisotopic (exact) mass is 431 g/mol. The number of piperidine rings is 1. The molecule has 1 atom stereocenters. The van der Waals surface area contributed by atoms with Gasteiger partial charge in [-0.3, -0.25) is 0 Å². The Bertz CT molecular complexity index is 1020. The number of anilines is 1. The zero-order valence-electron chi connectivity index (χ0n) is 19.3. The molecule has 0 aliphatic carbocycles. The molecule has 0 amide bonds. The Kier molecular flexibility index (Phi) is 7.04. The second-order valence-electron chi connectivity index (χ2n) is 8.49. The van der Waals surface area contributed by atoms with E-state index in [1.807, 2.05) is 36.7 Å². The van der Waals surface area contributed by atoms with Gasteiger partial charge in [-0.15, -0.1) is 10.2 Å². The van der Waals surface area contributed by atoms with Crippen LogP contribution in [0.4, 0.5) is 5.69 Å². The van der Waals surface area contributed by atoms with Crippen molar-refractivity contribution in [3.63, 3.8) is 0 Å². The molecule has 0 radical (unpaired) electrons. The Morgan fingerprint density at radius 2 is 1.84 bits per heavy atom. The van der Waals surface area contributed by atoms with Crippen molar-refractivity contribution in [2.75, 3.05) is 18.0 Å². The molecular formula is C25H33N7. The molecule has 1 aliphatic rings. The summed E-state index contributed by atoms with van der Waals surface area (Å²) in [5.74, 6) is 2.60. The normalized spacial score (nSPS) is 16.8. The Hall–Kier alpha value is -3.35. The second-order valence-corrected chi connectivity index (χ2v) is 8.49. The van der Waals surface area contributed by atoms with Crippen LogP contribution in [0, 0.1) is 13.8 Å². The lowest BCUT2D eigenvalue weighted by molar-refractivity contribution is 0.467. The Balaban J connectivity index is 1.44. The first-order chi connectivity index (χ1) is 15.6. The zero-order chi connectivity index (χ0) is 22.3. The third-order valence-electron chi connectivity index (χ3n) is 6.02. The van der Waals surface area contributed by atoms with E-state index in [-0.39, 0.29) is 0 Å². The molecule has 168 valence electrons. The molecule has 7 nitrogen and oxygen atoms in total. The standard InChI is InChI=1S/C25H33N7/c1-19-11-13-23(14-12-19)32-15-7-10-22(18-32)28-25(26-16-21-8-5-4-6-9-21)27-17-24-30-29-20(2)31(24)3/h4-6,8-9,11-14,22H,7,10,15-18H2,1-3H3,(H2,26,27,28). The van der Waals surface area contributed by atoms with E-state index in [0.29, 0.717) is 19.1 Å². The average molecular weight is 432 g/mol. The number of nitrogens with zero attached hydrogens (tertiary/aromatic N) is 5. The first kappa shape index (κ1) is 21.9. The predicted molar refractivity (Wildman–Crippen MR) is 130 cm³/mol. The minimum atomic E-state index is 0.327. The number of aryl methyl sites for hydroxylation is 2. The summed E-state index contributed by atoms with van der Waals surface area (Å²) in [5.41, 5.74) is 3.76. The molecule has 2 heterocycles. The quantitative estimate of drug-likeness (QED) is 0.463. The lowest BCUT2D eigenvalue weighted by Crippen LogP contribution is -2.51. The maximum absolute atomic E-state index is 4.87. The summed E-state index contributed by atoms with van der Waals surface area (Å²) in [6.45, 7) is 7.33. The Morgan fingerprint density at radius 1 is 1.06 bits per heavy atom. The fraction of sp³-hybridized carbons (Fsp3) is 0.400. The van der Waals surface area contributed by atoms with Crippen LogP contribution in [0.5, 0.6) is 0 Å². The van der Waals surface area contributed by atoms with Crippen molar-refractivity contribution in [2.45, 2.75) is 45.8 Å². The molecule has 3 aromatic rings. The van der Waals surface area contributed by atoms with Crippen molar-refractivity contribution in [3.05, 3.63) is 77.4 Å². The first-order valence-corrected chi connectivity index (χ1v) is 11.3. The fourth-order valence-corrected chi connectivity index (χ4v) is 3.95. The van der Waals surface area contributed by atoms with Gasteiger partial charge >= 0.3 is 0 Å². The molecule has 32 heavy (non-hydrogen) atoms. The van der Waals surface area contributed by atoms with Crippen LogP contribution in [0.15, 0.2) is 59.6 Å². The lowest BCUT2D eigenvalue weighted by Gasteiger charge is -2.35. The third-order valence-corrected chi connectivity index (χ3v) is 6.02. The molecule has 1 aromatic heterocycles. The predicted octanol–water partition coefficient (Wildman–Crippen LogP) is 3.34. The first-order valence-electron chi connectivity index (χ1n) is 11.3. The molecule has 0 saturated carbocycles. The summed E-state index contributed by atoms with van der Waals surface area (Å²) in [6, 6.07) is 19.5. The SMILES string of the molecule is Cc1ccc(N2CCCC(NC(=NCc3ccccc3)NCc3nnc(C)n3C)C2)cc1. The summed E-state index contributed by atoms with van der Waals surface area (Å²) < 4.78 is 2.00. The molecule has 2 aromatic carbocycles. The van der Waals surface area contributed by atoms with Gasteiger partial charge in [-0.25, -0.2) is 4.99 Å². The number of nitrogens with one attached hydrogen (secondary N) is 2. The molecular weight excluding hydrogens is 398 g/mol. The van der Waals surface area contributed by atoms with Gasteiger partial charge in [0, 0.05) is 31.9 Å². The van der Waals surface area contributed by atoms with Crippen LogP contribution in [-0.2, 0) is 20.1 Å². The summed E-state index contributed by atoms with van der Waals surface area (Å²) in [7, 11) is 1.99. The van der Waals surface area contributed by atoms with Crippen molar-refractivity contribution in [3.8, 4) is 0 Å². The Labute approximate surface area is 190 Å². The second kappa shape index (κ2) is 10.3. The maximum atomic E-state index is 4.87. The van der Waals surface area contributed by atoms with Crippen molar-refractivity contribution in [1.82, 2.24) is 25.4 Å². The molecule has 4 rings (SSSR count). The van der Waals surface area contributed by atoms with Crippen LogP contribution in [0.1, 0.15) is 35.6 Å². The average Bonchev–Trinajstić information content (AvgIpc) is 3.14. The van der Waals surface area contributed by atoms with E-state index in [4.69, 9.17) is 4.99 Å². The number of guanidine groups is 1. The van der Waals surface area contributed by atoms with Crippen LogP contribution < -0.4 is 15.5 Å². The van der Waals surface area contributed by atoms with E-state index < -0.39 is 0 Å². The molecule has 1 aliphatic heterocycles. The lowest BCUT2D eigenvalue weighted by atomic mass is 10.0. The minimum absolute atomic E-state index is 0.327. The van der Waals surface area contributed by atoms with E-state index in [0.717, 1.165) is 43.5 Å². The van der Waals surface area contributed by atoms with Gasteiger partial charge in [-0.2, -0.15) is 0 Å². The number of aromatic nitrogens is 3. The van der Waals surface area contributed by atoms with Gasteiger partial charge in [0.1, 0.15) is 5.82 Å². The van der Waals surface area contributed by atoms with E-state index in [1.54, 1.807) is 0 Å². The molecule has 2 N–H and O–H groups in total. The fourth-order valence-electron chi connectivity index (χ4n) is 3.95. The van der Waals surface area contributed by atoms with Crippen LogP contribution in [0.2, 0.25) is 0 Å². The summed E-state index contributed by atoms with van der Waals surface area (Å²) >= 11 is 0. The van der Waals surface area contributed by atoms with Gasteiger partial charge in [0.25, 0.3) is 0 Å². The highest BCUT2D eigenvalue weighted by Gasteiger charge is 2.21. The van der Waals surface area contributed by atoms with Crippen molar-refractivity contribution >= 4 is 11.6 Å². The van der Waals surface area contributed by atoms with Crippen LogP contribution in [0.3, 0.4) is 0 Å². The molecule has 0 spiro atoms. The number of aliphatic imine (C=N–C) groups is 1. The van der Waals surface area contributed by atoms with E-state index in [9.17, 15) is 0 Å².